The van der Waals surface area contributed by atoms with Crippen LogP contribution in [0.15, 0.2) is 53.7 Å². The fraction of sp³-hybridized carbons (Fsp3) is 0.190. The highest BCUT2D eigenvalue weighted by atomic mass is 16.2. The predicted octanol–water partition coefficient (Wildman–Crippen LogP) is 2.94. The highest BCUT2D eigenvalue weighted by molar-refractivity contribution is 6.16. The van der Waals surface area contributed by atoms with Crippen molar-refractivity contribution in [2.45, 2.75) is 13.5 Å². The third kappa shape index (κ3) is 2.79. The molecule has 4 aromatic rings. The Kier molecular flexibility index (Phi) is 4.03. The van der Waals surface area contributed by atoms with Gasteiger partial charge in [-0.1, -0.05) is 24.3 Å². The second-order valence-corrected chi connectivity index (χ2v) is 6.86. The van der Waals surface area contributed by atoms with Gasteiger partial charge in [0, 0.05) is 36.9 Å². The van der Waals surface area contributed by atoms with E-state index < -0.39 is 0 Å². The molecule has 0 atom stereocenters. The maximum Gasteiger partial charge on any atom is 0.259 e. The first-order valence-electron chi connectivity index (χ1n) is 8.73. The Bertz CT molecular complexity index is 1230. The number of aromatic amines is 1. The van der Waals surface area contributed by atoms with Gasteiger partial charge in [-0.2, -0.15) is 0 Å². The van der Waals surface area contributed by atoms with Crippen LogP contribution in [0, 0.1) is 6.92 Å². The van der Waals surface area contributed by atoms with Gasteiger partial charge in [-0.25, -0.2) is 4.98 Å². The highest BCUT2D eigenvalue weighted by Crippen LogP contribution is 2.27. The minimum absolute atomic E-state index is 0.119. The quantitative estimate of drug-likeness (QED) is 0.571. The molecule has 6 heteroatoms. The summed E-state index contributed by atoms with van der Waals surface area (Å²) >= 11 is 0. The number of benzene rings is 2. The van der Waals surface area contributed by atoms with Crippen LogP contribution in [0.2, 0.25) is 0 Å². The lowest BCUT2D eigenvalue weighted by Crippen LogP contribution is -2.24. The molecule has 0 radical (unpaired) electrons. The number of aryl methyl sites for hydroxylation is 1. The van der Waals surface area contributed by atoms with Gasteiger partial charge >= 0.3 is 0 Å². The predicted molar refractivity (Wildman–Crippen MR) is 106 cm³/mol. The van der Waals surface area contributed by atoms with Gasteiger partial charge < -0.3 is 14.5 Å². The average Bonchev–Trinajstić information content (AvgIpc) is 3.07. The van der Waals surface area contributed by atoms with Gasteiger partial charge in [0.15, 0.2) is 0 Å². The summed E-state index contributed by atoms with van der Waals surface area (Å²) in [7, 11) is 3.43. The molecule has 1 N–H and O–H groups in total. The topological polar surface area (TPSA) is 71.0 Å². The Labute approximate surface area is 156 Å². The lowest BCUT2D eigenvalue weighted by Gasteiger charge is -2.15. The van der Waals surface area contributed by atoms with Crippen molar-refractivity contribution in [1.29, 1.82) is 0 Å². The van der Waals surface area contributed by atoms with Crippen molar-refractivity contribution in [2.24, 2.45) is 0 Å². The molecule has 0 aliphatic rings. The Morgan fingerprint density at radius 2 is 1.96 bits per heavy atom. The molecule has 1 amide bonds. The molecule has 0 aliphatic carbocycles. The number of carbonyl (C=O) groups is 1. The smallest absolute Gasteiger partial charge is 0.259 e. The van der Waals surface area contributed by atoms with E-state index in [1.165, 1.54) is 4.90 Å². The zero-order valence-corrected chi connectivity index (χ0v) is 15.5. The second-order valence-electron chi connectivity index (χ2n) is 6.86. The maximum absolute atomic E-state index is 13.3. The molecule has 2 heterocycles. The molecule has 0 saturated carbocycles. The molecule has 136 valence electrons. The standard InChI is InChI=1S/C21H20N4O2/c1-13-18(23-12-22-13)11-25-9-8-16-17(20(26)24(2)3)10-14-6-4-5-7-15(14)19(16)21(25)27/h4-10,12H,11H2,1-3H3,(H,22,23). The fourth-order valence-electron chi connectivity index (χ4n) is 3.39. The number of hydrogen-bond acceptors (Lipinski definition) is 3. The molecule has 0 bridgehead atoms. The molecule has 2 aromatic carbocycles. The van der Waals surface area contributed by atoms with E-state index in [0.29, 0.717) is 22.9 Å². The summed E-state index contributed by atoms with van der Waals surface area (Å²) in [6, 6.07) is 11.4. The molecule has 0 fully saturated rings. The largest absolute Gasteiger partial charge is 0.348 e. The number of pyridine rings is 1. The lowest BCUT2D eigenvalue weighted by atomic mass is 9.97. The number of fused-ring (bicyclic) bond motifs is 3. The summed E-state index contributed by atoms with van der Waals surface area (Å²) in [5.74, 6) is -0.119. The van der Waals surface area contributed by atoms with Gasteiger partial charge in [0.05, 0.1) is 24.0 Å². The van der Waals surface area contributed by atoms with Crippen molar-refractivity contribution < 1.29 is 4.79 Å². The van der Waals surface area contributed by atoms with Crippen molar-refractivity contribution in [3.8, 4) is 0 Å². The summed E-state index contributed by atoms with van der Waals surface area (Å²) < 4.78 is 1.64. The van der Waals surface area contributed by atoms with Gasteiger partial charge in [-0.15, -0.1) is 0 Å². The third-order valence-corrected chi connectivity index (χ3v) is 4.88. The molecule has 6 nitrogen and oxygen atoms in total. The number of amides is 1. The molecule has 4 rings (SSSR count). The first kappa shape index (κ1) is 17.0. The van der Waals surface area contributed by atoms with E-state index in [4.69, 9.17) is 0 Å². The zero-order valence-electron chi connectivity index (χ0n) is 15.5. The van der Waals surface area contributed by atoms with Crippen molar-refractivity contribution in [2.75, 3.05) is 14.1 Å². The molecular weight excluding hydrogens is 340 g/mol. The first-order valence-corrected chi connectivity index (χ1v) is 8.73. The number of hydrogen-bond donors (Lipinski definition) is 1. The average molecular weight is 360 g/mol. The van der Waals surface area contributed by atoms with E-state index in [1.807, 2.05) is 43.3 Å². The van der Waals surface area contributed by atoms with Crippen molar-refractivity contribution >= 4 is 27.5 Å². The van der Waals surface area contributed by atoms with Crippen molar-refractivity contribution in [3.05, 3.63) is 76.2 Å². The Morgan fingerprint density at radius 3 is 2.67 bits per heavy atom. The van der Waals surface area contributed by atoms with Crippen molar-refractivity contribution in [1.82, 2.24) is 19.4 Å². The highest BCUT2D eigenvalue weighted by Gasteiger charge is 2.17. The van der Waals surface area contributed by atoms with Crippen LogP contribution >= 0.6 is 0 Å². The zero-order chi connectivity index (χ0) is 19.1. The van der Waals surface area contributed by atoms with Gasteiger partial charge in [0.2, 0.25) is 0 Å². The summed E-state index contributed by atoms with van der Waals surface area (Å²) in [5.41, 5.74) is 2.16. The summed E-state index contributed by atoms with van der Waals surface area (Å²) in [6.45, 7) is 2.31. The molecule has 0 saturated heterocycles. The number of aromatic nitrogens is 3. The van der Waals surface area contributed by atoms with Crippen LogP contribution in [0.25, 0.3) is 21.5 Å². The SMILES string of the molecule is Cc1[nH]cnc1Cn1ccc2c(C(=O)N(C)C)cc3ccccc3c2c1=O. The van der Waals surface area contributed by atoms with E-state index >= 15 is 0 Å². The van der Waals surface area contributed by atoms with Crippen LogP contribution in [-0.4, -0.2) is 39.4 Å². The van der Waals surface area contributed by atoms with Crippen molar-refractivity contribution in [3.63, 3.8) is 0 Å². The Morgan fingerprint density at radius 1 is 1.19 bits per heavy atom. The fourth-order valence-corrected chi connectivity index (χ4v) is 3.39. The van der Waals surface area contributed by atoms with Crippen LogP contribution < -0.4 is 5.56 Å². The van der Waals surface area contributed by atoms with E-state index in [9.17, 15) is 9.59 Å². The van der Waals surface area contributed by atoms with E-state index in [1.54, 1.807) is 31.2 Å². The molecule has 2 aromatic heterocycles. The van der Waals surface area contributed by atoms with E-state index in [-0.39, 0.29) is 11.5 Å². The Balaban J connectivity index is 2.03. The van der Waals surface area contributed by atoms with Crippen LogP contribution in [0.5, 0.6) is 0 Å². The number of carbonyl (C=O) groups excluding carboxylic acids is 1. The molecule has 0 spiro atoms. The first-order chi connectivity index (χ1) is 13.0. The van der Waals surface area contributed by atoms with Crippen LogP contribution in [0.3, 0.4) is 0 Å². The van der Waals surface area contributed by atoms with E-state index in [0.717, 1.165) is 22.2 Å². The molecule has 27 heavy (non-hydrogen) atoms. The minimum atomic E-state index is -0.125. The van der Waals surface area contributed by atoms with Gasteiger partial charge in [-0.05, 0) is 29.8 Å². The number of rotatable bonds is 3. The molecule has 0 aliphatic heterocycles. The van der Waals surface area contributed by atoms with Crippen LogP contribution in [0.4, 0.5) is 0 Å². The van der Waals surface area contributed by atoms with Gasteiger partial charge in [-0.3, -0.25) is 9.59 Å². The summed E-state index contributed by atoms with van der Waals surface area (Å²) in [4.78, 5) is 34.9. The number of nitrogens with zero attached hydrogens (tertiary/aromatic N) is 3. The number of imidazole rings is 1. The summed E-state index contributed by atoms with van der Waals surface area (Å²) in [6.07, 6.45) is 3.36. The number of H-pyrrole nitrogens is 1. The third-order valence-electron chi connectivity index (χ3n) is 4.88. The summed E-state index contributed by atoms with van der Waals surface area (Å²) in [5, 5.41) is 2.96. The van der Waals surface area contributed by atoms with Crippen LogP contribution in [-0.2, 0) is 6.54 Å². The normalized spacial score (nSPS) is 11.2. The van der Waals surface area contributed by atoms with E-state index in [2.05, 4.69) is 9.97 Å². The minimum Gasteiger partial charge on any atom is -0.348 e. The molecule has 0 unspecified atom stereocenters. The maximum atomic E-state index is 13.3. The Hall–Kier alpha value is -3.41. The van der Waals surface area contributed by atoms with Gasteiger partial charge in [0.25, 0.3) is 11.5 Å². The van der Waals surface area contributed by atoms with Crippen LogP contribution in [0.1, 0.15) is 21.7 Å². The van der Waals surface area contributed by atoms with Gasteiger partial charge in [0.1, 0.15) is 0 Å². The molecular formula is C21H20N4O2. The lowest BCUT2D eigenvalue weighted by molar-refractivity contribution is 0.0829. The second kappa shape index (κ2) is 6.39. The monoisotopic (exact) mass is 360 g/mol. The number of nitrogens with one attached hydrogen (secondary N) is 1.